The van der Waals surface area contributed by atoms with E-state index >= 15 is 0 Å². The molecular weight excluding hydrogens is 562 g/mol. The molecule has 2 aromatic carbocycles. The highest BCUT2D eigenvalue weighted by molar-refractivity contribution is 6.01. The second-order valence-corrected chi connectivity index (χ2v) is 11.4. The van der Waals surface area contributed by atoms with Gasteiger partial charge in [-0.2, -0.15) is 4.98 Å². The molecule has 1 saturated heterocycles. The van der Waals surface area contributed by atoms with Gasteiger partial charge >= 0.3 is 0 Å². The summed E-state index contributed by atoms with van der Waals surface area (Å²) >= 11 is 0. The van der Waals surface area contributed by atoms with E-state index in [0.717, 1.165) is 43.9 Å². The van der Waals surface area contributed by atoms with Gasteiger partial charge in [0.15, 0.2) is 0 Å². The van der Waals surface area contributed by atoms with Crippen LogP contribution in [0.25, 0.3) is 0 Å². The van der Waals surface area contributed by atoms with E-state index < -0.39 is 17.5 Å². The van der Waals surface area contributed by atoms with E-state index in [1.165, 1.54) is 6.20 Å². The Bertz CT molecular complexity index is 1510. The van der Waals surface area contributed by atoms with Gasteiger partial charge in [0.05, 0.1) is 24.7 Å². The number of carbonyl (C=O) groups excluding carboxylic acids is 3. The molecule has 1 fully saturated rings. The molecule has 1 atom stereocenters. The Morgan fingerprint density at radius 3 is 2.48 bits per heavy atom. The number of likely N-dealkylation sites (N-methyl/N-ethyl adjacent to an activating group) is 1. The fourth-order valence-corrected chi connectivity index (χ4v) is 5.39. The summed E-state index contributed by atoms with van der Waals surface area (Å²) in [6.45, 7) is 10.2. The van der Waals surface area contributed by atoms with E-state index in [4.69, 9.17) is 0 Å². The number of aliphatic hydroxyl groups is 1. The largest absolute Gasteiger partial charge is 0.394 e. The van der Waals surface area contributed by atoms with Crippen molar-refractivity contribution in [3.63, 3.8) is 0 Å². The standard InChI is InChI=1S/C31H39N9O4/c1-4-39-12-14-40(15-13-39)18-26(42)37-38-29(44)23-17-32-30(35-27(23)34-25(19-41)20-8-6-5-7-9-20)33-21-10-11-22-24(16-21)31(2,3)36-28(22)43/h5-11,16-17,25,41H,4,12-15,18-19H2,1-3H3,(H,36,43)(H,37,42)(H,38,44)(H2,32,33,34,35). The number of nitrogens with one attached hydrogen (secondary N) is 5. The quantitative estimate of drug-likeness (QED) is 0.189. The first kappa shape index (κ1) is 30.9. The number of piperazine rings is 1. The van der Waals surface area contributed by atoms with Crippen LogP contribution in [0.1, 0.15) is 58.7 Å². The number of anilines is 3. The maximum Gasteiger partial charge on any atom is 0.275 e. The van der Waals surface area contributed by atoms with Crippen LogP contribution in [0.4, 0.5) is 17.5 Å². The first-order valence-corrected chi connectivity index (χ1v) is 14.7. The molecule has 2 aliphatic heterocycles. The predicted molar refractivity (Wildman–Crippen MR) is 166 cm³/mol. The van der Waals surface area contributed by atoms with Crippen molar-refractivity contribution >= 4 is 35.2 Å². The highest BCUT2D eigenvalue weighted by Gasteiger charge is 2.35. The lowest BCUT2D eigenvalue weighted by atomic mass is 9.94. The van der Waals surface area contributed by atoms with Crippen molar-refractivity contribution in [1.82, 2.24) is 35.9 Å². The summed E-state index contributed by atoms with van der Waals surface area (Å²) < 4.78 is 0. The highest BCUT2D eigenvalue weighted by atomic mass is 16.3. The lowest BCUT2D eigenvalue weighted by Gasteiger charge is -2.33. The van der Waals surface area contributed by atoms with Gasteiger partial charge in [0.1, 0.15) is 11.4 Å². The first-order chi connectivity index (χ1) is 21.2. The molecule has 2 aliphatic rings. The molecule has 1 aromatic heterocycles. The van der Waals surface area contributed by atoms with Crippen molar-refractivity contribution in [1.29, 1.82) is 0 Å². The zero-order valence-corrected chi connectivity index (χ0v) is 25.2. The van der Waals surface area contributed by atoms with E-state index in [1.807, 2.05) is 55.1 Å². The zero-order chi connectivity index (χ0) is 31.3. The number of nitrogens with zero attached hydrogens (tertiary/aromatic N) is 4. The van der Waals surface area contributed by atoms with Crippen LogP contribution in [0.5, 0.6) is 0 Å². The molecule has 0 saturated carbocycles. The fourth-order valence-electron chi connectivity index (χ4n) is 5.39. The van der Waals surface area contributed by atoms with E-state index in [0.29, 0.717) is 11.3 Å². The minimum Gasteiger partial charge on any atom is -0.394 e. The summed E-state index contributed by atoms with van der Waals surface area (Å²) in [6.07, 6.45) is 1.35. The number of aromatic nitrogens is 2. The maximum atomic E-state index is 13.3. The van der Waals surface area contributed by atoms with Crippen LogP contribution in [-0.2, 0) is 10.3 Å². The monoisotopic (exact) mass is 601 g/mol. The third-order valence-corrected chi connectivity index (χ3v) is 7.94. The number of hydrogen-bond donors (Lipinski definition) is 6. The molecule has 1 unspecified atom stereocenters. The average molecular weight is 602 g/mol. The molecule has 3 aromatic rings. The molecule has 13 nitrogen and oxygen atoms in total. The molecule has 0 bridgehead atoms. The van der Waals surface area contributed by atoms with Gasteiger partial charge in [0.2, 0.25) is 5.95 Å². The number of rotatable bonds is 10. The van der Waals surface area contributed by atoms with Crippen LogP contribution in [0, 0.1) is 0 Å². The van der Waals surface area contributed by atoms with E-state index in [-0.39, 0.29) is 42.3 Å². The third-order valence-electron chi connectivity index (χ3n) is 7.94. The van der Waals surface area contributed by atoms with Crippen molar-refractivity contribution < 1.29 is 19.5 Å². The lowest BCUT2D eigenvalue weighted by molar-refractivity contribution is -0.123. The molecule has 0 spiro atoms. The summed E-state index contributed by atoms with van der Waals surface area (Å²) in [6, 6.07) is 14.1. The maximum absolute atomic E-state index is 13.3. The number of hydrazine groups is 1. The van der Waals surface area contributed by atoms with Gasteiger partial charge in [0.25, 0.3) is 17.7 Å². The molecule has 0 aliphatic carbocycles. The number of aliphatic hydroxyl groups excluding tert-OH is 1. The number of amides is 3. The van der Waals surface area contributed by atoms with Gasteiger partial charge < -0.3 is 26.0 Å². The van der Waals surface area contributed by atoms with Gasteiger partial charge in [-0.25, -0.2) is 4.98 Å². The van der Waals surface area contributed by atoms with E-state index in [9.17, 15) is 19.5 Å². The molecule has 232 valence electrons. The summed E-state index contributed by atoms with van der Waals surface area (Å²) in [5.74, 6) is -0.721. The Hall–Kier alpha value is -4.59. The van der Waals surface area contributed by atoms with Crippen LogP contribution < -0.4 is 26.8 Å². The Balaban J connectivity index is 1.33. The average Bonchev–Trinajstić information content (AvgIpc) is 3.26. The second kappa shape index (κ2) is 13.4. The Morgan fingerprint density at radius 1 is 1.05 bits per heavy atom. The Kier molecular flexibility index (Phi) is 9.37. The molecule has 44 heavy (non-hydrogen) atoms. The van der Waals surface area contributed by atoms with Crippen LogP contribution >= 0.6 is 0 Å². The lowest BCUT2D eigenvalue weighted by Crippen LogP contribution is -2.51. The molecule has 13 heteroatoms. The normalized spacial score (nSPS) is 16.9. The van der Waals surface area contributed by atoms with Crippen molar-refractivity contribution in [2.45, 2.75) is 32.4 Å². The number of benzene rings is 2. The summed E-state index contributed by atoms with van der Waals surface area (Å²) in [4.78, 5) is 51.5. The van der Waals surface area contributed by atoms with Gasteiger partial charge in [-0.05, 0) is 49.7 Å². The van der Waals surface area contributed by atoms with E-state index in [2.05, 4.69) is 48.6 Å². The third kappa shape index (κ3) is 7.13. The molecule has 0 radical (unpaired) electrons. The first-order valence-electron chi connectivity index (χ1n) is 14.7. The van der Waals surface area contributed by atoms with Gasteiger partial charge in [-0.1, -0.05) is 37.3 Å². The zero-order valence-electron chi connectivity index (χ0n) is 25.2. The minimum atomic E-state index is -0.614. The van der Waals surface area contributed by atoms with Gasteiger partial charge in [-0.3, -0.25) is 30.1 Å². The highest BCUT2D eigenvalue weighted by Crippen LogP contribution is 2.33. The van der Waals surface area contributed by atoms with Crippen LogP contribution in [0.3, 0.4) is 0 Å². The van der Waals surface area contributed by atoms with Crippen molar-refractivity contribution in [2.75, 3.05) is 56.5 Å². The van der Waals surface area contributed by atoms with Crippen molar-refractivity contribution in [2.24, 2.45) is 0 Å². The van der Waals surface area contributed by atoms with Crippen molar-refractivity contribution in [3.05, 3.63) is 77.0 Å². The van der Waals surface area contributed by atoms with Crippen LogP contribution in [0.15, 0.2) is 54.7 Å². The summed E-state index contributed by atoms with van der Waals surface area (Å²) in [5.41, 5.74) is 7.41. The summed E-state index contributed by atoms with van der Waals surface area (Å²) in [7, 11) is 0. The number of carbonyl (C=O) groups is 3. The van der Waals surface area contributed by atoms with E-state index in [1.54, 1.807) is 12.1 Å². The summed E-state index contributed by atoms with van der Waals surface area (Å²) in [5, 5.41) is 19.5. The van der Waals surface area contributed by atoms with Gasteiger partial charge in [0, 0.05) is 43.6 Å². The Labute approximate surface area is 256 Å². The predicted octanol–water partition coefficient (Wildman–Crippen LogP) is 1.74. The molecular formula is C31H39N9O4. The SMILES string of the molecule is CCN1CCN(CC(=O)NNC(=O)c2cnc(Nc3ccc4c(c3)C(C)(C)NC4=O)nc2NC(CO)c2ccccc2)CC1. The van der Waals surface area contributed by atoms with Crippen LogP contribution in [-0.4, -0.2) is 88.5 Å². The number of hydrogen-bond acceptors (Lipinski definition) is 10. The fraction of sp³-hybridized carbons (Fsp3) is 0.387. The van der Waals surface area contributed by atoms with Crippen LogP contribution in [0.2, 0.25) is 0 Å². The molecule has 3 amide bonds. The molecule has 5 rings (SSSR count). The molecule has 3 heterocycles. The second-order valence-electron chi connectivity index (χ2n) is 11.4. The minimum absolute atomic E-state index is 0.0756. The smallest absolute Gasteiger partial charge is 0.275 e. The van der Waals surface area contributed by atoms with Crippen molar-refractivity contribution in [3.8, 4) is 0 Å². The topological polar surface area (TPSA) is 164 Å². The Morgan fingerprint density at radius 2 is 1.77 bits per heavy atom. The van der Waals surface area contributed by atoms with Gasteiger partial charge in [-0.15, -0.1) is 0 Å². The molecule has 6 N–H and O–H groups in total. The number of fused-ring (bicyclic) bond motifs is 1.